The van der Waals surface area contributed by atoms with Gasteiger partial charge in [-0.2, -0.15) is 0 Å². The zero-order valence-electron chi connectivity index (χ0n) is 18.8. The fraction of sp³-hybridized carbons (Fsp3) is 0. The van der Waals surface area contributed by atoms with Crippen LogP contribution in [0.2, 0.25) is 0 Å². The van der Waals surface area contributed by atoms with Gasteiger partial charge in [0.15, 0.2) is 5.69 Å². The van der Waals surface area contributed by atoms with Gasteiger partial charge in [-0.3, -0.25) is 0 Å². The Kier molecular flexibility index (Phi) is 3.49. The molecule has 0 aliphatic carbocycles. The Bertz CT molecular complexity index is 2030. The van der Waals surface area contributed by atoms with E-state index in [-0.39, 0.29) is 0 Å². The predicted octanol–water partition coefficient (Wildman–Crippen LogP) is 9.36. The molecule has 0 aliphatic heterocycles. The summed E-state index contributed by atoms with van der Waals surface area (Å²) in [6.45, 7) is 7.30. The molecule has 0 N–H and O–H groups in total. The fourth-order valence-corrected chi connectivity index (χ4v) is 5.81. The van der Waals surface area contributed by atoms with Crippen molar-refractivity contribution in [1.29, 1.82) is 0 Å². The molecular weight excluding hydrogens is 424 g/mol. The molecule has 0 fully saturated rings. The number of benzene rings is 6. The molecule has 2 heteroatoms. The Balaban J connectivity index is 1.60. The summed E-state index contributed by atoms with van der Waals surface area (Å²) in [5.41, 5.74) is 6.74. The van der Waals surface area contributed by atoms with E-state index in [9.17, 15) is 0 Å². The third kappa shape index (κ3) is 2.47. The van der Waals surface area contributed by atoms with Crippen LogP contribution >= 0.6 is 0 Å². The maximum Gasteiger partial charge on any atom is 0.187 e. The Morgan fingerprint density at radius 3 is 1.46 bits per heavy atom. The molecule has 0 amide bonds. The lowest BCUT2D eigenvalue weighted by Gasteiger charge is -2.06. The van der Waals surface area contributed by atoms with Gasteiger partial charge in [-0.1, -0.05) is 72.8 Å². The van der Waals surface area contributed by atoms with Gasteiger partial charge in [-0.15, -0.1) is 0 Å². The molecule has 2 aromatic heterocycles. The zero-order chi connectivity index (χ0) is 23.1. The largest absolute Gasteiger partial charge is 0.308 e. The Morgan fingerprint density at radius 1 is 0.486 bits per heavy atom. The summed E-state index contributed by atoms with van der Waals surface area (Å²) >= 11 is 0. The van der Waals surface area contributed by atoms with Gasteiger partial charge in [-0.05, 0) is 69.1 Å². The molecule has 0 radical (unpaired) electrons. The highest BCUT2D eigenvalue weighted by atomic mass is 14.9. The first kappa shape index (κ1) is 18.5. The van der Waals surface area contributed by atoms with Gasteiger partial charge in [0.25, 0.3) is 0 Å². The first-order chi connectivity index (χ1) is 17.3. The van der Waals surface area contributed by atoms with Crippen molar-refractivity contribution in [1.82, 2.24) is 4.40 Å². The summed E-state index contributed by atoms with van der Waals surface area (Å²) in [5.74, 6) is 0. The van der Waals surface area contributed by atoms with Crippen molar-refractivity contribution in [3.8, 4) is 11.1 Å². The molecule has 8 rings (SSSR count). The highest BCUT2D eigenvalue weighted by Crippen LogP contribution is 2.43. The van der Waals surface area contributed by atoms with E-state index in [4.69, 9.17) is 6.57 Å². The molecule has 6 aromatic carbocycles. The molecule has 0 aliphatic rings. The van der Waals surface area contributed by atoms with Crippen molar-refractivity contribution in [2.24, 2.45) is 0 Å². The highest BCUT2D eigenvalue weighted by Gasteiger charge is 2.20. The Labute approximate surface area is 201 Å². The predicted molar refractivity (Wildman–Crippen MR) is 148 cm³/mol. The molecule has 0 saturated heterocycles. The first-order valence-corrected chi connectivity index (χ1v) is 11.8. The quantitative estimate of drug-likeness (QED) is 0.224. The van der Waals surface area contributed by atoms with Crippen LogP contribution < -0.4 is 0 Å². The molecule has 0 spiro atoms. The van der Waals surface area contributed by atoms with E-state index >= 15 is 0 Å². The topological polar surface area (TPSA) is 8.77 Å². The van der Waals surface area contributed by atoms with Crippen LogP contribution in [-0.4, -0.2) is 4.40 Å². The van der Waals surface area contributed by atoms with E-state index in [0.717, 1.165) is 5.56 Å². The van der Waals surface area contributed by atoms with Crippen molar-refractivity contribution < 1.29 is 0 Å². The minimum absolute atomic E-state index is 0.666. The van der Waals surface area contributed by atoms with Crippen LogP contribution in [0.15, 0.2) is 109 Å². The highest BCUT2D eigenvalue weighted by molar-refractivity contribution is 6.26. The normalized spacial score (nSPS) is 12.0. The molecule has 8 aromatic rings. The lowest BCUT2D eigenvalue weighted by molar-refractivity contribution is 1.38. The molecule has 0 bridgehead atoms. The number of rotatable bonds is 1. The average molecular weight is 443 g/mol. The van der Waals surface area contributed by atoms with E-state index in [1.165, 1.54) is 65.2 Å². The van der Waals surface area contributed by atoms with Gasteiger partial charge in [0, 0.05) is 21.5 Å². The first-order valence-electron chi connectivity index (χ1n) is 11.8. The van der Waals surface area contributed by atoms with E-state index in [2.05, 4.69) is 106 Å². The second-order valence-electron chi connectivity index (χ2n) is 9.35. The number of aromatic nitrogens is 1. The lowest BCUT2D eigenvalue weighted by Crippen LogP contribution is -1.82. The Hall–Kier alpha value is -4.87. The number of fused-ring (bicyclic) bond motifs is 8. The van der Waals surface area contributed by atoms with Crippen molar-refractivity contribution in [2.45, 2.75) is 0 Å². The second-order valence-corrected chi connectivity index (χ2v) is 9.35. The summed E-state index contributed by atoms with van der Waals surface area (Å²) in [5, 5.41) is 10.1. The molecule has 160 valence electrons. The standard InChI is InChI=1S/C33H18N2/c1-34-26-12-10-20(11-13-26)25-16-29-27-14-21-6-2-4-8-23(21)18-31(27)35-32-19-24-9-5-3-7-22(24)15-28(32)30(17-25)33(29)35/h2-19H. The van der Waals surface area contributed by atoms with Gasteiger partial charge in [0.2, 0.25) is 0 Å². The van der Waals surface area contributed by atoms with Crippen LogP contribution in [0.4, 0.5) is 5.69 Å². The summed E-state index contributed by atoms with van der Waals surface area (Å²) in [6.07, 6.45) is 0. The maximum atomic E-state index is 7.30. The summed E-state index contributed by atoms with van der Waals surface area (Å²) in [6, 6.07) is 39.1. The fourth-order valence-electron chi connectivity index (χ4n) is 5.81. The third-order valence-corrected chi connectivity index (χ3v) is 7.45. The van der Waals surface area contributed by atoms with Crippen LogP contribution in [0, 0.1) is 6.57 Å². The third-order valence-electron chi connectivity index (χ3n) is 7.45. The molecule has 35 heavy (non-hydrogen) atoms. The second kappa shape index (κ2) is 6.59. The average Bonchev–Trinajstić information content (AvgIpc) is 3.41. The van der Waals surface area contributed by atoms with E-state index in [1.807, 2.05) is 12.1 Å². The van der Waals surface area contributed by atoms with Crippen LogP contribution in [0.25, 0.3) is 75.6 Å². The minimum atomic E-state index is 0.666. The van der Waals surface area contributed by atoms with Gasteiger partial charge in [-0.25, -0.2) is 4.85 Å². The van der Waals surface area contributed by atoms with Crippen molar-refractivity contribution in [3.05, 3.63) is 121 Å². The smallest absolute Gasteiger partial charge is 0.187 e. The van der Waals surface area contributed by atoms with Crippen molar-refractivity contribution in [3.63, 3.8) is 0 Å². The minimum Gasteiger partial charge on any atom is -0.308 e. The van der Waals surface area contributed by atoms with Gasteiger partial charge in [0.05, 0.1) is 23.1 Å². The van der Waals surface area contributed by atoms with Gasteiger partial charge in [0.1, 0.15) is 0 Å². The maximum absolute atomic E-state index is 7.30. The van der Waals surface area contributed by atoms with Crippen molar-refractivity contribution in [2.75, 3.05) is 0 Å². The van der Waals surface area contributed by atoms with Gasteiger partial charge >= 0.3 is 0 Å². The zero-order valence-corrected chi connectivity index (χ0v) is 18.8. The molecule has 0 saturated carbocycles. The SMILES string of the molecule is [C-]#[N+]c1ccc(-c2cc3c4cc5ccccc5cc4n4c5cc6ccccc6cc5c(c2)c34)cc1. The monoisotopic (exact) mass is 442 g/mol. The van der Waals surface area contributed by atoms with Crippen LogP contribution in [0.5, 0.6) is 0 Å². The lowest BCUT2D eigenvalue weighted by atomic mass is 9.97. The van der Waals surface area contributed by atoms with Crippen molar-refractivity contribution >= 4 is 65.3 Å². The summed E-state index contributed by atoms with van der Waals surface area (Å²) in [4.78, 5) is 3.56. The number of hydrogen-bond donors (Lipinski definition) is 0. The summed E-state index contributed by atoms with van der Waals surface area (Å²) in [7, 11) is 0. The molecule has 2 nitrogen and oxygen atoms in total. The van der Waals surface area contributed by atoms with Crippen LogP contribution in [-0.2, 0) is 0 Å². The van der Waals surface area contributed by atoms with Crippen LogP contribution in [0.3, 0.4) is 0 Å². The Morgan fingerprint density at radius 2 is 0.971 bits per heavy atom. The molecule has 0 unspecified atom stereocenters. The van der Waals surface area contributed by atoms with Gasteiger partial charge < -0.3 is 4.40 Å². The van der Waals surface area contributed by atoms with E-state index < -0.39 is 0 Å². The van der Waals surface area contributed by atoms with E-state index in [1.54, 1.807) is 0 Å². The number of hydrogen-bond acceptors (Lipinski definition) is 0. The number of nitrogens with zero attached hydrogens (tertiary/aromatic N) is 2. The summed E-state index contributed by atoms with van der Waals surface area (Å²) < 4.78 is 2.46. The molecule has 2 heterocycles. The van der Waals surface area contributed by atoms with Crippen LogP contribution in [0.1, 0.15) is 0 Å². The molecule has 0 atom stereocenters. The molecular formula is C33H18N2. The van der Waals surface area contributed by atoms with E-state index in [0.29, 0.717) is 5.69 Å².